The highest BCUT2D eigenvalue weighted by Gasteiger charge is 2.39. The Labute approximate surface area is 215 Å². The molecule has 3 aliphatic heterocycles. The molecule has 6 rings (SSSR count). The van der Waals surface area contributed by atoms with E-state index in [1.165, 1.54) is 28.8 Å². The Morgan fingerprint density at radius 1 is 1.06 bits per heavy atom. The number of pyridine rings is 1. The predicted molar refractivity (Wildman–Crippen MR) is 139 cm³/mol. The van der Waals surface area contributed by atoms with Crippen molar-refractivity contribution in [2.45, 2.75) is 56.1 Å². The van der Waals surface area contributed by atoms with Crippen LogP contribution in [0.15, 0.2) is 48.7 Å². The summed E-state index contributed by atoms with van der Waals surface area (Å²) >= 11 is 4.86. The smallest absolute Gasteiger partial charge is 0.243 e. The number of benzene rings is 2. The molecule has 0 saturated carbocycles. The second-order valence-corrected chi connectivity index (χ2v) is 10.6. The zero-order valence-electron chi connectivity index (χ0n) is 20.0. The first-order valence-corrected chi connectivity index (χ1v) is 13.1. The molecule has 186 valence electrons. The van der Waals surface area contributed by atoms with Crippen molar-refractivity contribution >= 4 is 35.3 Å². The largest absolute Gasteiger partial charge is 0.299 e. The van der Waals surface area contributed by atoms with Gasteiger partial charge in [0.15, 0.2) is 0 Å². The molecule has 2 unspecified atom stereocenters. The van der Waals surface area contributed by atoms with Crippen molar-refractivity contribution in [1.82, 2.24) is 20.1 Å². The van der Waals surface area contributed by atoms with Gasteiger partial charge in [-0.3, -0.25) is 29.7 Å². The van der Waals surface area contributed by atoms with Crippen LogP contribution in [0.4, 0.5) is 4.39 Å². The number of halogens is 1. The third-order valence-corrected chi connectivity index (χ3v) is 8.59. The lowest BCUT2D eigenvalue weighted by Gasteiger charge is -2.33. The maximum Gasteiger partial charge on any atom is 0.243 e. The summed E-state index contributed by atoms with van der Waals surface area (Å²) in [5.74, 6) is -0.228. The normalized spacial score (nSPS) is 23.7. The number of hydrogen-bond donors (Lipinski definition) is 2. The number of carbonyl (C=O) groups excluding carboxylic acids is 2. The lowest BCUT2D eigenvalue weighted by Crippen LogP contribution is -2.51. The summed E-state index contributed by atoms with van der Waals surface area (Å²) in [5, 5.41) is 3.38. The lowest BCUT2D eigenvalue weighted by atomic mass is 9.87. The zero-order chi connectivity index (χ0) is 24.8. The first-order valence-electron chi connectivity index (χ1n) is 12.6. The molecule has 4 heterocycles. The van der Waals surface area contributed by atoms with Crippen molar-refractivity contribution in [2.24, 2.45) is 0 Å². The quantitative estimate of drug-likeness (QED) is 0.410. The Hall–Kier alpha value is -2.81. The van der Waals surface area contributed by atoms with E-state index in [1.54, 1.807) is 6.20 Å². The molecule has 3 aliphatic rings. The van der Waals surface area contributed by atoms with Crippen LogP contribution in [0.25, 0.3) is 10.9 Å². The van der Waals surface area contributed by atoms with Gasteiger partial charge in [0.25, 0.3) is 0 Å². The molecular weight excluding hydrogens is 475 g/mol. The van der Waals surface area contributed by atoms with Gasteiger partial charge in [-0.15, -0.1) is 0 Å². The summed E-state index contributed by atoms with van der Waals surface area (Å²) in [6.07, 6.45) is 4.78. The molecule has 3 aromatic rings. The number of imide groups is 1. The number of nitrogens with one attached hydrogen (secondary N) is 1. The van der Waals surface area contributed by atoms with Gasteiger partial charge in [-0.25, -0.2) is 4.39 Å². The van der Waals surface area contributed by atoms with Crippen LogP contribution in [0.1, 0.15) is 59.2 Å². The molecule has 0 bridgehead atoms. The maximum atomic E-state index is 13.7. The number of rotatable bonds is 4. The number of carbonyl (C=O) groups is 2. The van der Waals surface area contributed by atoms with E-state index in [9.17, 15) is 14.0 Å². The number of aromatic nitrogens is 1. The van der Waals surface area contributed by atoms with Crippen LogP contribution < -0.4 is 5.32 Å². The summed E-state index contributed by atoms with van der Waals surface area (Å²) in [5.41, 5.74) is 5.68. The highest BCUT2D eigenvalue weighted by molar-refractivity contribution is 7.80. The minimum atomic E-state index is -0.329. The molecule has 2 atom stereocenters. The molecule has 6 nitrogen and oxygen atoms in total. The molecule has 0 aliphatic carbocycles. The fourth-order valence-electron chi connectivity index (χ4n) is 6.11. The van der Waals surface area contributed by atoms with E-state index in [-0.39, 0.29) is 29.0 Å². The van der Waals surface area contributed by atoms with Gasteiger partial charge in [0.1, 0.15) is 5.82 Å². The van der Waals surface area contributed by atoms with Gasteiger partial charge in [-0.1, -0.05) is 18.2 Å². The maximum absolute atomic E-state index is 13.7. The molecule has 2 saturated heterocycles. The number of hydrogen-bond acceptors (Lipinski definition) is 6. The molecule has 1 aromatic heterocycles. The number of fused-ring (bicyclic) bond motifs is 2. The predicted octanol–water partition coefficient (Wildman–Crippen LogP) is 4.30. The highest BCUT2D eigenvalue weighted by atomic mass is 32.1. The van der Waals surface area contributed by atoms with Gasteiger partial charge >= 0.3 is 0 Å². The molecule has 0 radical (unpaired) electrons. The summed E-state index contributed by atoms with van der Waals surface area (Å²) in [6.45, 7) is 3.50. The number of amides is 2. The molecule has 8 heteroatoms. The van der Waals surface area contributed by atoms with Crippen molar-refractivity contribution in [3.8, 4) is 0 Å². The van der Waals surface area contributed by atoms with Crippen LogP contribution in [0, 0.1) is 5.82 Å². The number of piperidine rings is 2. The molecule has 2 fully saturated rings. The highest BCUT2D eigenvalue weighted by Crippen LogP contribution is 2.41. The van der Waals surface area contributed by atoms with Crippen molar-refractivity contribution in [3.05, 3.63) is 76.7 Å². The Bertz CT molecular complexity index is 1340. The van der Waals surface area contributed by atoms with E-state index in [4.69, 9.17) is 12.6 Å². The average Bonchev–Trinajstić information content (AvgIpc) is 3.21. The van der Waals surface area contributed by atoms with Crippen molar-refractivity contribution in [1.29, 1.82) is 0 Å². The summed E-state index contributed by atoms with van der Waals surface area (Å²) in [4.78, 5) is 33.1. The van der Waals surface area contributed by atoms with Crippen LogP contribution in [0.3, 0.4) is 0 Å². The monoisotopic (exact) mass is 504 g/mol. The van der Waals surface area contributed by atoms with Crippen LogP contribution in [-0.4, -0.2) is 45.7 Å². The first kappa shape index (κ1) is 23.6. The fourth-order valence-corrected chi connectivity index (χ4v) is 6.59. The standard InChI is InChI=1S/C28H29FN4O2S/c29-19-4-5-21-20(8-11-30-24(21)14-19)17-9-12-32(13-10-17)15-18-2-1-3-22-23(18)16-33(28(22)36)25-6-7-26(34)31-27(25)35/h1-5,8,11,14,17,25,28,36H,6-7,9-10,12-13,15-16H2,(H,31,34,35). The minimum absolute atomic E-state index is 0.153. The van der Waals surface area contributed by atoms with E-state index >= 15 is 0 Å². The number of thiol groups is 1. The molecule has 2 amide bonds. The van der Waals surface area contributed by atoms with Gasteiger partial charge in [0.2, 0.25) is 11.8 Å². The van der Waals surface area contributed by atoms with Gasteiger partial charge in [0, 0.05) is 37.2 Å². The van der Waals surface area contributed by atoms with Gasteiger partial charge in [0.05, 0.1) is 16.9 Å². The van der Waals surface area contributed by atoms with E-state index in [0.717, 1.165) is 48.9 Å². The van der Waals surface area contributed by atoms with Crippen LogP contribution in [0.5, 0.6) is 0 Å². The first-order chi connectivity index (χ1) is 17.5. The number of likely N-dealkylation sites (tertiary alicyclic amines) is 1. The van der Waals surface area contributed by atoms with Gasteiger partial charge in [-0.05, 0) is 78.7 Å². The third-order valence-electron chi connectivity index (χ3n) is 8.01. The van der Waals surface area contributed by atoms with E-state index in [0.29, 0.717) is 25.3 Å². The second kappa shape index (κ2) is 9.57. The molecular formula is C28H29FN4O2S. The van der Waals surface area contributed by atoms with Crippen molar-refractivity contribution in [2.75, 3.05) is 13.1 Å². The summed E-state index contributed by atoms with van der Waals surface area (Å²) in [6, 6.07) is 13.0. The number of nitrogens with zero attached hydrogens (tertiary/aromatic N) is 3. The third kappa shape index (κ3) is 4.31. The molecule has 0 spiro atoms. The summed E-state index contributed by atoms with van der Waals surface area (Å²) in [7, 11) is 0. The molecule has 36 heavy (non-hydrogen) atoms. The lowest BCUT2D eigenvalue weighted by molar-refractivity contribution is -0.137. The Morgan fingerprint density at radius 3 is 2.69 bits per heavy atom. The Balaban J connectivity index is 1.15. The van der Waals surface area contributed by atoms with E-state index < -0.39 is 0 Å². The fraction of sp³-hybridized carbons (Fsp3) is 0.393. The summed E-state index contributed by atoms with van der Waals surface area (Å²) < 4.78 is 13.7. The van der Waals surface area contributed by atoms with E-state index in [2.05, 4.69) is 44.4 Å². The van der Waals surface area contributed by atoms with Crippen molar-refractivity contribution in [3.63, 3.8) is 0 Å². The molecule has 1 N–H and O–H groups in total. The second-order valence-electron chi connectivity index (χ2n) is 10.1. The van der Waals surface area contributed by atoms with Crippen LogP contribution in [0.2, 0.25) is 0 Å². The zero-order valence-corrected chi connectivity index (χ0v) is 20.9. The van der Waals surface area contributed by atoms with Crippen molar-refractivity contribution < 1.29 is 14.0 Å². The minimum Gasteiger partial charge on any atom is -0.299 e. The van der Waals surface area contributed by atoms with Gasteiger partial charge in [-0.2, -0.15) is 12.6 Å². The Morgan fingerprint density at radius 2 is 1.89 bits per heavy atom. The van der Waals surface area contributed by atoms with Crippen LogP contribution >= 0.6 is 12.6 Å². The van der Waals surface area contributed by atoms with E-state index in [1.807, 2.05) is 6.07 Å². The SMILES string of the molecule is O=C1CCC(N2Cc3c(CN4CCC(c5ccnc6cc(F)ccc56)CC4)cccc3C2S)C(=O)N1. The Kier molecular flexibility index (Phi) is 6.27. The van der Waals surface area contributed by atoms with Gasteiger partial charge < -0.3 is 0 Å². The molecule has 2 aromatic carbocycles. The topological polar surface area (TPSA) is 65.5 Å². The average molecular weight is 505 g/mol. The van der Waals surface area contributed by atoms with Crippen LogP contribution in [-0.2, 0) is 22.7 Å².